The lowest BCUT2D eigenvalue weighted by Gasteiger charge is -2.17. The summed E-state index contributed by atoms with van der Waals surface area (Å²) >= 11 is 0. The number of esters is 2. The number of carbonyl (C=O) groups excluding carboxylic acids is 2. The molecule has 18 heavy (non-hydrogen) atoms. The Kier molecular flexibility index (Phi) is 9.11. The van der Waals surface area contributed by atoms with E-state index in [1.54, 1.807) is 0 Å². The fourth-order valence-electron chi connectivity index (χ4n) is 1.32. The van der Waals surface area contributed by atoms with Gasteiger partial charge in [-0.1, -0.05) is 0 Å². The molecule has 8 heteroatoms. The second-order valence-corrected chi connectivity index (χ2v) is 5.49. The van der Waals surface area contributed by atoms with E-state index in [0.717, 1.165) is 0 Å². The van der Waals surface area contributed by atoms with Crippen molar-refractivity contribution >= 4 is 37.1 Å². The molecule has 5 nitrogen and oxygen atoms in total. The van der Waals surface area contributed by atoms with Crippen LogP contribution >= 0.6 is 9.12 Å². The summed E-state index contributed by atoms with van der Waals surface area (Å²) in [7, 11) is -0.992. The van der Waals surface area contributed by atoms with Gasteiger partial charge in [0.2, 0.25) is 0 Å². The summed E-state index contributed by atoms with van der Waals surface area (Å²) in [6, 6.07) is 0. The van der Waals surface area contributed by atoms with Gasteiger partial charge in [-0.15, -0.1) is 0 Å². The summed E-state index contributed by atoms with van der Waals surface area (Å²) in [6.07, 6.45) is 1.20. The van der Waals surface area contributed by atoms with Crippen LogP contribution in [0.2, 0.25) is 0 Å². The van der Waals surface area contributed by atoms with Crippen LogP contribution in [0.4, 0.5) is 0 Å². The number of rotatable bonds is 10. The van der Waals surface area contributed by atoms with E-state index in [9.17, 15) is 9.59 Å². The minimum Gasteiger partial charge on any atom is -0.466 e. The fourth-order valence-corrected chi connectivity index (χ4v) is 1.94. The van der Waals surface area contributed by atoms with Gasteiger partial charge in [0.1, 0.15) is 15.6 Å². The lowest BCUT2D eigenvalue weighted by molar-refractivity contribution is -0.148. The molecule has 0 aliphatic heterocycles. The van der Waals surface area contributed by atoms with Crippen molar-refractivity contribution in [3.63, 3.8) is 0 Å². The molecule has 0 spiro atoms. The van der Waals surface area contributed by atoms with Crippen molar-refractivity contribution in [1.82, 2.24) is 0 Å². The minimum atomic E-state index is -3.21. The van der Waals surface area contributed by atoms with Crippen LogP contribution in [0.5, 0.6) is 0 Å². The summed E-state index contributed by atoms with van der Waals surface area (Å²) in [4.78, 5) is 21.6. The van der Waals surface area contributed by atoms with Gasteiger partial charge in [0.15, 0.2) is 6.59 Å². The lowest BCUT2D eigenvalue weighted by atomic mass is 10.1. The summed E-state index contributed by atoms with van der Waals surface area (Å²) in [6.45, 7) is 4.50. The molecule has 0 bridgehead atoms. The third-order valence-electron chi connectivity index (χ3n) is 2.00. The summed E-state index contributed by atoms with van der Waals surface area (Å²) in [5.41, 5.74) is 0. The molecule has 3 atom stereocenters. The van der Waals surface area contributed by atoms with Crippen LogP contribution in [-0.4, -0.2) is 49.8 Å². The molecule has 0 heterocycles. The second-order valence-electron chi connectivity index (χ2n) is 3.64. The quantitative estimate of drug-likeness (QED) is 0.249. The number of carbonyl (C=O) groups is 2. The largest absolute Gasteiger partial charge is 0.466 e. The molecule has 0 aliphatic rings. The highest BCUT2D eigenvalue weighted by molar-refractivity contribution is 7.67. The van der Waals surface area contributed by atoms with Crippen molar-refractivity contribution in [3.8, 4) is 0 Å². The van der Waals surface area contributed by atoms with Crippen LogP contribution in [0.15, 0.2) is 0 Å². The molecule has 0 saturated heterocycles. The van der Waals surface area contributed by atoms with Gasteiger partial charge in [-0.3, -0.25) is 9.59 Å². The van der Waals surface area contributed by atoms with Gasteiger partial charge in [0, 0.05) is 29.3 Å². The van der Waals surface area contributed by atoms with E-state index in [1.807, 2.05) is 0 Å². The van der Waals surface area contributed by atoms with E-state index in [-0.39, 0.29) is 31.3 Å². The maximum Gasteiger partial charge on any atom is 0.302 e. The third kappa shape index (κ3) is 12.1. The number of hydrogen-bond acceptors (Lipinski definition) is 5. The first kappa shape index (κ1) is 14.0. The highest BCUT2D eigenvalue weighted by Gasteiger charge is 2.12. The van der Waals surface area contributed by atoms with Crippen molar-refractivity contribution in [1.29, 1.82) is 2.47 Å². The first-order valence-corrected chi connectivity index (χ1v) is 7.42. The Morgan fingerprint density at radius 1 is 1.44 bits per heavy atom. The van der Waals surface area contributed by atoms with Crippen molar-refractivity contribution in [2.45, 2.75) is 39.2 Å². The predicted octanol–water partition coefficient (Wildman–Crippen LogP) is 0.161. The molecular weight excluding hydrogens is 270 g/mol. The van der Waals surface area contributed by atoms with Crippen LogP contribution in [0, 0.1) is 0 Å². The summed E-state index contributed by atoms with van der Waals surface area (Å²) < 4.78 is 30.1. The molecule has 0 aliphatic carbocycles. The van der Waals surface area contributed by atoms with Gasteiger partial charge in [0.05, 0.1) is 6.61 Å². The third-order valence-corrected chi connectivity index (χ3v) is 2.92. The van der Waals surface area contributed by atoms with Gasteiger partial charge in [-0.25, -0.2) is 0 Å². The molecule has 0 aromatic carbocycles. The van der Waals surface area contributed by atoms with Crippen LogP contribution in [0.3, 0.4) is 0 Å². The fraction of sp³-hybridized carbons (Fsp3) is 0.800. The second kappa shape index (κ2) is 11.7. The monoisotopic (exact) mass is 294 g/mol. The average molecular weight is 294 g/mol. The smallest absolute Gasteiger partial charge is 0.302 e. The standard InChI is InChI=1S/C10H21BO5PSi/c1-8(12)14-6-3-4-10(16-9(2)13)5-7-15-18-11-17/h10H,3-7,17-18H2,1-2H3/t10-/m1/s1/i18TD/t10-,18?. The molecule has 0 N–H and O–H groups in total. The van der Waals surface area contributed by atoms with E-state index >= 15 is 0 Å². The van der Waals surface area contributed by atoms with Gasteiger partial charge in [-0.05, 0) is 12.8 Å². The van der Waals surface area contributed by atoms with Crippen molar-refractivity contribution in [3.05, 3.63) is 0 Å². The summed E-state index contributed by atoms with van der Waals surface area (Å²) in [5.74, 6) is -0.729. The first-order chi connectivity index (χ1) is 9.26. The molecule has 2 unspecified atom stereocenters. The van der Waals surface area contributed by atoms with Crippen LogP contribution < -0.4 is 0 Å². The normalized spacial score (nSPS) is 16.8. The maximum atomic E-state index is 11.0. The Morgan fingerprint density at radius 3 is 2.72 bits per heavy atom. The Balaban J connectivity index is 4.02. The topological polar surface area (TPSA) is 61.8 Å². The highest BCUT2D eigenvalue weighted by Crippen LogP contribution is 2.08. The van der Waals surface area contributed by atoms with Crippen molar-refractivity contribution in [2.24, 2.45) is 0 Å². The van der Waals surface area contributed by atoms with E-state index in [2.05, 4.69) is 9.12 Å². The Bertz CT molecular complexity index is 322. The molecule has 0 aromatic rings. The zero-order valence-electron chi connectivity index (χ0n) is 12.8. The molecule has 0 saturated carbocycles. The Labute approximate surface area is 116 Å². The highest BCUT2D eigenvalue weighted by atomic mass is 31.0. The lowest BCUT2D eigenvalue weighted by Crippen LogP contribution is -2.20. The SMILES string of the molecule is [2H][Si]([3H])([B]P)OCC[C@@H](CCCOC(C)=O)OC(C)=O. The maximum absolute atomic E-state index is 11.0. The van der Waals surface area contributed by atoms with Gasteiger partial charge in [-0.2, -0.15) is 9.12 Å². The molecule has 0 rings (SSSR count). The van der Waals surface area contributed by atoms with Crippen LogP contribution in [0.1, 0.15) is 33.1 Å². The molecule has 0 aromatic heterocycles. The Hall–Kier alpha value is -0.388. The van der Waals surface area contributed by atoms with E-state index in [4.69, 9.17) is 16.4 Å². The van der Waals surface area contributed by atoms with Gasteiger partial charge >= 0.3 is 11.9 Å². The van der Waals surface area contributed by atoms with Gasteiger partial charge in [0.25, 0.3) is 0 Å². The first-order valence-electron chi connectivity index (χ1n) is 6.77. The van der Waals surface area contributed by atoms with E-state index in [1.165, 1.54) is 20.4 Å². The minimum absolute atomic E-state index is 0.190. The van der Waals surface area contributed by atoms with Crippen molar-refractivity contribution < 1.29 is 23.5 Å². The summed E-state index contributed by atoms with van der Waals surface area (Å²) in [5, 5.41) is 0. The Morgan fingerprint density at radius 2 is 2.17 bits per heavy atom. The van der Waals surface area contributed by atoms with Crippen LogP contribution in [0.25, 0.3) is 0 Å². The molecule has 0 fully saturated rings. The zero-order chi connectivity index (χ0) is 15.6. The van der Waals surface area contributed by atoms with E-state index in [0.29, 0.717) is 19.3 Å². The van der Waals surface area contributed by atoms with Crippen LogP contribution in [-0.2, 0) is 23.5 Å². The molecular formula is C10H21BO5PSi. The van der Waals surface area contributed by atoms with Gasteiger partial charge < -0.3 is 13.9 Å². The molecule has 0 amide bonds. The molecule has 1 radical (unpaired) electrons. The zero-order valence-corrected chi connectivity index (χ0v) is 13.0. The van der Waals surface area contributed by atoms with E-state index < -0.39 is 9.50 Å². The molecule has 103 valence electrons. The average Bonchev–Trinajstić information content (AvgIpc) is 2.33. The van der Waals surface area contributed by atoms with Crippen molar-refractivity contribution in [2.75, 3.05) is 13.2 Å². The number of hydrogen-bond donors (Lipinski definition) is 0. The predicted molar refractivity (Wildman–Crippen MR) is 76.0 cm³/mol. The number of ether oxygens (including phenoxy) is 2.